The zero-order valence-electron chi connectivity index (χ0n) is 13.4. The lowest BCUT2D eigenvalue weighted by molar-refractivity contribution is 0.880. The van der Waals surface area contributed by atoms with Gasteiger partial charge in [0, 0.05) is 6.04 Å². The fourth-order valence-corrected chi connectivity index (χ4v) is 2.79. The Morgan fingerprint density at radius 3 is 2.48 bits per heavy atom. The summed E-state index contributed by atoms with van der Waals surface area (Å²) in [4.78, 5) is 24.0. The van der Waals surface area contributed by atoms with Gasteiger partial charge in [0.1, 0.15) is 22.4 Å². The van der Waals surface area contributed by atoms with Crippen LogP contribution in [0.15, 0.2) is 58.1 Å². The Balaban J connectivity index is 1.64. The van der Waals surface area contributed by atoms with Crippen LogP contribution in [0, 0.1) is 0 Å². The van der Waals surface area contributed by atoms with Crippen LogP contribution >= 0.6 is 0 Å². The van der Waals surface area contributed by atoms with Gasteiger partial charge in [-0.15, -0.1) is 0 Å². The van der Waals surface area contributed by atoms with Gasteiger partial charge in [-0.3, -0.25) is 9.59 Å². The van der Waals surface area contributed by atoms with E-state index < -0.39 is 10.9 Å². The van der Waals surface area contributed by atoms with Gasteiger partial charge in [-0.1, -0.05) is 36.4 Å². The summed E-state index contributed by atoms with van der Waals surface area (Å²) in [6.07, 6.45) is 0. The molecule has 0 unspecified atom stereocenters. The van der Waals surface area contributed by atoms with Crippen LogP contribution in [-0.4, -0.2) is 15.4 Å². The van der Waals surface area contributed by atoms with E-state index in [0.29, 0.717) is 22.4 Å². The van der Waals surface area contributed by atoms with Gasteiger partial charge < -0.3 is 10.6 Å². The molecule has 7 heteroatoms. The molecule has 3 aromatic carbocycles. The Bertz CT molecular complexity index is 1110. The van der Waals surface area contributed by atoms with Crippen LogP contribution < -0.4 is 21.5 Å². The highest BCUT2D eigenvalue weighted by molar-refractivity contribution is 5.92. The van der Waals surface area contributed by atoms with Gasteiger partial charge >= 0.3 is 0 Å². The lowest BCUT2D eigenvalue weighted by atomic mass is 10.1. The number of rotatable bonds is 5. The Morgan fingerprint density at radius 1 is 0.920 bits per heavy atom. The van der Waals surface area contributed by atoms with Crippen LogP contribution in [-0.2, 0) is 0 Å². The third-order valence-corrected chi connectivity index (χ3v) is 4.18. The van der Waals surface area contributed by atoms with E-state index in [2.05, 4.69) is 26.0 Å². The van der Waals surface area contributed by atoms with Crippen LogP contribution in [0.2, 0.25) is 0 Å². The molecule has 1 atom stereocenters. The summed E-state index contributed by atoms with van der Waals surface area (Å²) >= 11 is 0. The molecule has 1 aromatic heterocycles. The number of nitrogens with zero attached hydrogens (tertiary/aromatic N) is 2. The smallest absolute Gasteiger partial charge is 0.253 e. The fraction of sp³-hybridized carbons (Fsp3) is 0.111. The maximum absolute atomic E-state index is 12.0. The van der Waals surface area contributed by atoms with Crippen molar-refractivity contribution in [1.29, 1.82) is 0 Å². The van der Waals surface area contributed by atoms with Crippen LogP contribution in [0.3, 0.4) is 0 Å². The van der Waals surface area contributed by atoms with Crippen molar-refractivity contribution >= 4 is 28.1 Å². The minimum atomic E-state index is -0.539. The SMILES string of the molecule is C[C@@H](Nc1c(Nc2cccc3n[nH]nc23)c(=O)c1=O)c1ccccc1. The quantitative estimate of drug-likeness (QED) is 0.485. The summed E-state index contributed by atoms with van der Waals surface area (Å²) in [5.74, 6) is 0. The lowest BCUT2D eigenvalue weighted by Gasteiger charge is -2.20. The predicted molar refractivity (Wildman–Crippen MR) is 97.0 cm³/mol. The number of para-hydroxylation sites is 1. The Hall–Kier alpha value is -3.48. The average molecular weight is 333 g/mol. The van der Waals surface area contributed by atoms with Gasteiger partial charge in [-0.2, -0.15) is 15.4 Å². The van der Waals surface area contributed by atoms with E-state index in [1.165, 1.54) is 0 Å². The minimum Gasteiger partial charge on any atom is -0.373 e. The van der Waals surface area contributed by atoms with E-state index in [0.717, 1.165) is 5.56 Å². The number of nitrogens with one attached hydrogen (secondary N) is 3. The Labute approximate surface area is 142 Å². The second kappa shape index (κ2) is 5.86. The van der Waals surface area contributed by atoms with Crippen molar-refractivity contribution in [2.45, 2.75) is 13.0 Å². The van der Waals surface area contributed by atoms with Crippen molar-refractivity contribution < 1.29 is 0 Å². The van der Waals surface area contributed by atoms with E-state index in [1.807, 2.05) is 43.3 Å². The Kier molecular flexibility index (Phi) is 3.53. The van der Waals surface area contributed by atoms with Gasteiger partial charge in [0.15, 0.2) is 0 Å². The molecule has 4 aromatic rings. The number of hydrogen-bond donors (Lipinski definition) is 3. The molecule has 1 heterocycles. The maximum Gasteiger partial charge on any atom is 0.253 e. The summed E-state index contributed by atoms with van der Waals surface area (Å²) in [6.45, 7) is 1.94. The normalized spacial score (nSPS) is 12.4. The van der Waals surface area contributed by atoms with Crippen LogP contribution in [0.4, 0.5) is 17.1 Å². The molecule has 25 heavy (non-hydrogen) atoms. The first-order chi connectivity index (χ1) is 12.1. The predicted octanol–water partition coefficient (Wildman–Crippen LogP) is 2.47. The van der Waals surface area contributed by atoms with E-state index in [4.69, 9.17) is 0 Å². The molecule has 0 spiro atoms. The molecule has 0 saturated heterocycles. The van der Waals surface area contributed by atoms with Gasteiger partial charge in [0.2, 0.25) is 0 Å². The second-order valence-corrected chi connectivity index (χ2v) is 5.81. The average Bonchev–Trinajstić information content (AvgIpc) is 3.14. The summed E-state index contributed by atoms with van der Waals surface area (Å²) in [5, 5.41) is 16.8. The summed E-state index contributed by atoms with van der Waals surface area (Å²) < 4.78 is 0. The van der Waals surface area contributed by atoms with Gasteiger partial charge in [0.25, 0.3) is 10.9 Å². The number of benzene rings is 2. The third-order valence-electron chi connectivity index (χ3n) is 4.18. The molecule has 0 fully saturated rings. The molecule has 0 aliphatic rings. The first-order valence-corrected chi connectivity index (χ1v) is 7.86. The van der Waals surface area contributed by atoms with Crippen LogP contribution in [0.1, 0.15) is 18.5 Å². The number of aromatic amines is 1. The molecular formula is C18H15N5O2. The molecule has 0 aliphatic heterocycles. The van der Waals surface area contributed by atoms with Gasteiger partial charge in [-0.05, 0) is 24.6 Å². The molecule has 0 amide bonds. The molecule has 3 N–H and O–H groups in total. The van der Waals surface area contributed by atoms with Crippen LogP contribution in [0.25, 0.3) is 11.0 Å². The Morgan fingerprint density at radius 2 is 1.68 bits per heavy atom. The fourth-order valence-electron chi connectivity index (χ4n) is 2.79. The van der Waals surface area contributed by atoms with Gasteiger partial charge in [0.05, 0.1) is 5.69 Å². The zero-order chi connectivity index (χ0) is 17.4. The van der Waals surface area contributed by atoms with Crippen molar-refractivity contribution in [2.24, 2.45) is 0 Å². The topological polar surface area (TPSA) is 99.8 Å². The molecule has 0 radical (unpaired) electrons. The van der Waals surface area contributed by atoms with E-state index in [9.17, 15) is 9.59 Å². The van der Waals surface area contributed by atoms with Crippen molar-refractivity contribution in [1.82, 2.24) is 15.4 Å². The molecule has 0 saturated carbocycles. The largest absolute Gasteiger partial charge is 0.373 e. The number of H-pyrrole nitrogens is 1. The zero-order valence-corrected chi connectivity index (χ0v) is 13.4. The van der Waals surface area contributed by atoms with Crippen molar-refractivity contribution in [3.05, 3.63) is 74.5 Å². The molecule has 4 rings (SSSR count). The molecule has 124 valence electrons. The monoisotopic (exact) mass is 333 g/mol. The number of fused-ring (bicyclic) bond motifs is 1. The summed E-state index contributed by atoms with van der Waals surface area (Å²) in [7, 11) is 0. The summed E-state index contributed by atoms with van der Waals surface area (Å²) in [5.41, 5.74) is 2.42. The first-order valence-electron chi connectivity index (χ1n) is 7.86. The molecule has 0 bridgehead atoms. The highest BCUT2D eigenvalue weighted by atomic mass is 16.2. The maximum atomic E-state index is 12.0. The third kappa shape index (κ3) is 2.55. The second-order valence-electron chi connectivity index (χ2n) is 5.81. The van der Waals surface area contributed by atoms with Crippen molar-refractivity contribution in [3.63, 3.8) is 0 Å². The molecular weight excluding hydrogens is 318 g/mol. The molecule has 0 aliphatic carbocycles. The number of aromatic nitrogens is 3. The highest BCUT2D eigenvalue weighted by Crippen LogP contribution is 2.27. The van der Waals surface area contributed by atoms with Gasteiger partial charge in [-0.25, -0.2) is 0 Å². The van der Waals surface area contributed by atoms with Crippen molar-refractivity contribution in [3.8, 4) is 0 Å². The summed E-state index contributed by atoms with van der Waals surface area (Å²) in [6, 6.07) is 15.0. The number of hydrogen-bond acceptors (Lipinski definition) is 6. The standard InChI is InChI=1S/C18H15N5O2/c1-10(11-6-3-2-4-7-11)19-15-16(18(25)17(15)24)20-12-8-5-9-13-14(12)22-23-21-13/h2-10,19-20H,1H3,(H,21,22,23)/t10-/m1/s1. The minimum absolute atomic E-state index is 0.104. The van der Waals surface area contributed by atoms with E-state index >= 15 is 0 Å². The molecule has 7 nitrogen and oxygen atoms in total. The van der Waals surface area contributed by atoms with E-state index in [-0.39, 0.29) is 11.7 Å². The highest BCUT2D eigenvalue weighted by Gasteiger charge is 2.23. The first kappa shape index (κ1) is 15.1. The van der Waals surface area contributed by atoms with Crippen LogP contribution in [0.5, 0.6) is 0 Å². The van der Waals surface area contributed by atoms with Crippen molar-refractivity contribution in [2.75, 3.05) is 10.6 Å². The lowest BCUT2D eigenvalue weighted by Crippen LogP contribution is -2.37. The van der Waals surface area contributed by atoms with E-state index in [1.54, 1.807) is 12.1 Å². The number of anilines is 3.